The highest BCUT2D eigenvalue weighted by atomic mass is 15.2. The second kappa shape index (κ2) is 15.8. The summed E-state index contributed by atoms with van der Waals surface area (Å²) in [4.78, 5) is 1.93. The molecule has 2 unspecified atom stereocenters. The molecule has 1 saturated heterocycles. The van der Waals surface area contributed by atoms with Crippen molar-refractivity contribution < 1.29 is 4.90 Å². The molecule has 0 bridgehead atoms. The van der Waals surface area contributed by atoms with E-state index in [1.165, 1.54) is 96.6 Å². The average molecular weight is 295 g/mol. The molecule has 0 aromatic carbocycles. The van der Waals surface area contributed by atoms with Crippen molar-refractivity contribution in [3.63, 3.8) is 0 Å². The third-order valence-corrected chi connectivity index (χ3v) is 4.97. The zero-order chi connectivity index (χ0) is 15.8. The molecule has 1 aliphatic rings. The molecule has 1 aliphatic heterocycles. The van der Waals surface area contributed by atoms with Gasteiger partial charge >= 0.3 is 0 Å². The van der Waals surface area contributed by atoms with E-state index in [2.05, 4.69) is 13.8 Å². The summed E-state index contributed by atoms with van der Waals surface area (Å²) in [6, 6.07) is 0.989. The third-order valence-electron chi connectivity index (χ3n) is 4.97. The van der Waals surface area contributed by atoms with Crippen molar-refractivity contribution in [2.75, 3.05) is 13.1 Å². The van der Waals surface area contributed by atoms with Gasteiger partial charge in [-0.15, -0.1) is 0 Å². The smallest absolute Gasteiger partial charge is 0.0872 e. The van der Waals surface area contributed by atoms with Gasteiger partial charge in [0, 0.05) is 0 Å². The van der Waals surface area contributed by atoms with Gasteiger partial charge in [-0.2, -0.15) is 0 Å². The Balaban J connectivity index is 0.00000191. The molecule has 1 N–H and O–H groups in total. The van der Waals surface area contributed by atoms with Gasteiger partial charge < -0.3 is 16.7 Å². The van der Waals surface area contributed by atoms with Gasteiger partial charge in [0.15, 0.2) is 0 Å². The van der Waals surface area contributed by atoms with Crippen LogP contribution in [0, 0.1) is 11.8 Å². The predicted octanol–water partition coefficient (Wildman–Crippen LogP) is 4.46. The zero-order valence-electron chi connectivity index (χ0n) is 14.6. The fourth-order valence-electron chi connectivity index (χ4n) is 3.64. The van der Waals surface area contributed by atoms with E-state index in [9.17, 15) is 0 Å². The van der Waals surface area contributed by atoms with Crippen LogP contribution in [-0.4, -0.2) is 19.1 Å². The Morgan fingerprint density at radius 2 is 1.43 bits per heavy atom. The molecular formula is C19H38N2. The molecule has 0 spiro atoms. The maximum absolute atomic E-state index is 6.25. The van der Waals surface area contributed by atoms with Gasteiger partial charge in [-0.05, 0) is 38.5 Å². The second-order valence-corrected chi connectivity index (χ2v) is 6.59. The summed E-state index contributed by atoms with van der Waals surface area (Å²) in [6.45, 7) is 12.3. The van der Waals surface area contributed by atoms with Crippen molar-refractivity contribution in [1.29, 1.82) is 5.26 Å². The first-order chi connectivity index (χ1) is 10.4. The lowest BCUT2D eigenvalue weighted by molar-refractivity contribution is -0.931. The molecule has 124 valence electrons. The number of unbranched alkanes of at least 4 members (excludes halogenated alkanes) is 8. The first kappa shape index (κ1) is 20.5. The summed E-state index contributed by atoms with van der Waals surface area (Å²) in [6.07, 6.45) is 19.0. The Labute approximate surface area is 133 Å². The summed E-state index contributed by atoms with van der Waals surface area (Å²) in [7, 11) is 0. The summed E-state index contributed by atoms with van der Waals surface area (Å²) in [5.41, 5.74) is 0. The average Bonchev–Trinajstić information content (AvgIpc) is 2.55. The van der Waals surface area contributed by atoms with Gasteiger partial charge in [-0.3, -0.25) is 0 Å². The van der Waals surface area contributed by atoms with Crippen molar-refractivity contribution in [2.24, 2.45) is 0 Å². The zero-order valence-corrected chi connectivity index (χ0v) is 14.6. The number of rotatable bonds is 11. The summed E-state index contributed by atoms with van der Waals surface area (Å²) in [5.74, 6) is 0. The Hall–Kier alpha value is -0.550. The normalized spacial score (nSPS) is 21.5. The van der Waals surface area contributed by atoms with E-state index in [1.807, 2.05) is 4.90 Å². The van der Waals surface area contributed by atoms with Crippen LogP contribution in [0.2, 0.25) is 0 Å². The van der Waals surface area contributed by atoms with E-state index in [0.29, 0.717) is 0 Å². The van der Waals surface area contributed by atoms with E-state index in [0.717, 1.165) is 6.04 Å². The van der Waals surface area contributed by atoms with Crippen molar-refractivity contribution in [3.8, 4) is 0 Å². The molecule has 0 saturated carbocycles. The van der Waals surface area contributed by atoms with Crippen LogP contribution in [0.3, 0.4) is 0 Å². The lowest BCUT2D eigenvalue weighted by Crippen LogP contribution is -3.16. The molecule has 0 aromatic rings. The van der Waals surface area contributed by atoms with Crippen molar-refractivity contribution in [1.82, 2.24) is 0 Å². The molecular weight excluding hydrogens is 256 g/mol. The first-order valence-corrected chi connectivity index (χ1v) is 9.45. The minimum Gasteiger partial charge on any atom is -0.512 e. The lowest BCUT2D eigenvalue weighted by Gasteiger charge is -2.32. The third kappa shape index (κ3) is 10.8. The van der Waals surface area contributed by atoms with Gasteiger partial charge in [-0.25, -0.2) is 0 Å². The van der Waals surface area contributed by atoms with Crippen molar-refractivity contribution >= 4 is 0 Å². The van der Waals surface area contributed by atoms with E-state index in [-0.39, 0.29) is 0 Å². The van der Waals surface area contributed by atoms with Crippen molar-refractivity contribution in [3.05, 3.63) is 6.57 Å². The van der Waals surface area contributed by atoms with Gasteiger partial charge in [0.1, 0.15) is 0 Å². The molecule has 1 fully saturated rings. The van der Waals surface area contributed by atoms with Crippen LogP contribution >= 0.6 is 0 Å². The Morgan fingerprint density at radius 1 is 0.857 bits per heavy atom. The number of hydrogen-bond donors (Lipinski definition) is 1. The maximum Gasteiger partial charge on any atom is 0.0872 e. The Bertz CT molecular complexity index is 225. The minimum atomic E-state index is 0.989. The van der Waals surface area contributed by atoms with E-state index in [1.54, 1.807) is 0 Å². The fourth-order valence-corrected chi connectivity index (χ4v) is 3.64. The summed E-state index contributed by atoms with van der Waals surface area (Å²) < 4.78 is 0. The van der Waals surface area contributed by atoms with Crippen LogP contribution in [0.25, 0.3) is 0 Å². The number of piperidine rings is 1. The van der Waals surface area contributed by atoms with Gasteiger partial charge in [0.05, 0.1) is 19.1 Å². The number of nitrogens with one attached hydrogen (secondary N) is 1. The fraction of sp³-hybridized carbons (Fsp3) is 0.947. The van der Waals surface area contributed by atoms with Gasteiger partial charge in [0.25, 0.3) is 0 Å². The molecule has 0 radical (unpaired) electrons. The Kier molecular flexibility index (Phi) is 15.4. The van der Waals surface area contributed by atoms with Crippen LogP contribution in [0.15, 0.2) is 0 Å². The SMILES string of the molecule is CCCCCCCCCCC[NH+]1CCCCC1CC.[C-]#N. The molecule has 0 aliphatic carbocycles. The molecule has 2 heteroatoms. The topological polar surface area (TPSA) is 28.2 Å². The van der Waals surface area contributed by atoms with E-state index >= 15 is 0 Å². The molecule has 21 heavy (non-hydrogen) atoms. The molecule has 2 nitrogen and oxygen atoms in total. The quantitative estimate of drug-likeness (QED) is 0.442. The number of quaternary nitrogens is 1. The predicted molar refractivity (Wildman–Crippen MR) is 90.8 cm³/mol. The monoisotopic (exact) mass is 294 g/mol. The first-order valence-electron chi connectivity index (χ1n) is 9.45. The molecule has 0 amide bonds. The Morgan fingerprint density at radius 3 is 2.00 bits per heavy atom. The highest BCUT2D eigenvalue weighted by Crippen LogP contribution is 2.10. The van der Waals surface area contributed by atoms with Crippen LogP contribution < -0.4 is 4.90 Å². The standard InChI is InChI=1S/C18H37N.CN/c1-3-5-6-7-8-9-10-11-13-16-19-17-14-12-15-18(19)4-2;1-2/h18H,3-17H2,1-2H3;/q;-1/p+1. The highest BCUT2D eigenvalue weighted by molar-refractivity contribution is 4.59. The van der Waals surface area contributed by atoms with E-state index in [4.69, 9.17) is 11.8 Å². The molecule has 1 rings (SSSR count). The minimum absolute atomic E-state index is 0.989. The largest absolute Gasteiger partial charge is 0.512 e. The van der Waals surface area contributed by atoms with Crippen molar-refractivity contribution in [2.45, 2.75) is 103 Å². The molecule has 1 heterocycles. The number of nitrogens with zero attached hydrogens (tertiary/aromatic N) is 1. The number of likely N-dealkylation sites (tertiary alicyclic amines) is 1. The van der Waals surface area contributed by atoms with Crippen LogP contribution in [0.5, 0.6) is 0 Å². The van der Waals surface area contributed by atoms with E-state index < -0.39 is 0 Å². The second-order valence-electron chi connectivity index (χ2n) is 6.59. The highest BCUT2D eigenvalue weighted by Gasteiger charge is 2.23. The molecule has 0 aromatic heterocycles. The lowest BCUT2D eigenvalue weighted by atomic mass is 9.99. The summed E-state index contributed by atoms with van der Waals surface area (Å²) >= 11 is 0. The van der Waals surface area contributed by atoms with Gasteiger partial charge in [-0.1, -0.05) is 58.8 Å². The summed E-state index contributed by atoms with van der Waals surface area (Å²) in [5, 5.41) is 6.25. The molecule has 2 atom stereocenters. The maximum atomic E-state index is 6.25. The van der Waals surface area contributed by atoms with Crippen LogP contribution in [0.1, 0.15) is 97.3 Å². The van der Waals surface area contributed by atoms with Crippen LogP contribution in [-0.2, 0) is 0 Å². The number of hydrogen-bond acceptors (Lipinski definition) is 1. The van der Waals surface area contributed by atoms with Gasteiger partial charge in [0.2, 0.25) is 0 Å². The van der Waals surface area contributed by atoms with Crippen LogP contribution in [0.4, 0.5) is 0 Å².